The van der Waals surface area contributed by atoms with Crippen molar-refractivity contribution in [1.82, 2.24) is 4.98 Å². The summed E-state index contributed by atoms with van der Waals surface area (Å²) < 4.78 is 11.1. The first-order chi connectivity index (χ1) is 13.0. The highest BCUT2D eigenvalue weighted by Crippen LogP contribution is 2.27. The molecule has 0 aliphatic heterocycles. The van der Waals surface area contributed by atoms with Gasteiger partial charge < -0.3 is 14.8 Å². The first kappa shape index (κ1) is 21.4. The summed E-state index contributed by atoms with van der Waals surface area (Å²) in [4.78, 5) is 28.4. The van der Waals surface area contributed by atoms with Crippen molar-refractivity contribution >= 4 is 17.6 Å². The van der Waals surface area contributed by atoms with E-state index in [1.165, 1.54) is 6.20 Å². The van der Waals surface area contributed by atoms with Gasteiger partial charge in [0, 0.05) is 12.0 Å². The summed E-state index contributed by atoms with van der Waals surface area (Å²) >= 11 is 0. The zero-order valence-electron chi connectivity index (χ0n) is 17.3. The first-order valence-electron chi connectivity index (χ1n) is 9.28. The smallest absolute Gasteiger partial charge is 0.307 e. The van der Waals surface area contributed by atoms with E-state index in [1.807, 2.05) is 32.0 Å². The topological polar surface area (TPSA) is 77.5 Å². The Kier molecular flexibility index (Phi) is 6.78. The zero-order valence-corrected chi connectivity index (χ0v) is 17.3. The molecule has 1 aromatic carbocycles. The van der Waals surface area contributed by atoms with E-state index in [4.69, 9.17) is 9.47 Å². The zero-order chi connectivity index (χ0) is 20.9. The lowest BCUT2D eigenvalue weighted by atomic mass is 10.1. The molecular formula is C22H28N2O4. The summed E-state index contributed by atoms with van der Waals surface area (Å²) in [6.07, 6.45) is 1.55. The molecule has 0 fully saturated rings. The van der Waals surface area contributed by atoms with Crippen molar-refractivity contribution in [2.45, 2.75) is 53.6 Å². The molecular weight excluding hydrogens is 356 g/mol. The third-order valence-corrected chi connectivity index (χ3v) is 3.96. The summed E-state index contributed by atoms with van der Waals surface area (Å²) in [7, 11) is 0. The van der Waals surface area contributed by atoms with Crippen LogP contribution in [-0.2, 0) is 14.3 Å². The molecule has 6 heteroatoms. The minimum atomic E-state index is -0.567. The molecule has 1 heterocycles. The van der Waals surface area contributed by atoms with Gasteiger partial charge in [-0.2, -0.15) is 0 Å². The molecule has 6 nitrogen and oxygen atoms in total. The van der Waals surface area contributed by atoms with Gasteiger partial charge in [0.1, 0.15) is 11.4 Å². The molecule has 28 heavy (non-hydrogen) atoms. The van der Waals surface area contributed by atoms with E-state index >= 15 is 0 Å². The van der Waals surface area contributed by atoms with E-state index in [1.54, 1.807) is 39.8 Å². The van der Waals surface area contributed by atoms with Gasteiger partial charge in [-0.15, -0.1) is 0 Å². The Morgan fingerprint density at radius 1 is 1.11 bits per heavy atom. The maximum Gasteiger partial charge on any atom is 0.307 e. The number of carbonyl (C=O) groups excluding carboxylic acids is 2. The fourth-order valence-electron chi connectivity index (χ4n) is 2.57. The van der Waals surface area contributed by atoms with Crippen molar-refractivity contribution in [2.24, 2.45) is 5.92 Å². The summed E-state index contributed by atoms with van der Waals surface area (Å²) in [6, 6.07) is 9.34. The van der Waals surface area contributed by atoms with Crippen molar-refractivity contribution in [3.05, 3.63) is 47.7 Å². The van der Waals surface area contributed by atoms with E-state index in [0.29, 0.717) is 11.6 Å². The van der Waals surface area contributed by atoms with Crippen LogP contribution in [0.5, 0.6) is 11.6 Å². The van der Waals surface area contributed by atoms with Crippen LogP contribution in [0.1, 0.15) is 45.2 Å². The average Bonchev–Trinajstić information content (AvgIpc) is 2.58. The minimum absolute atomic E-state index is 0.0181. The number of aryl methyl sites for hydroxylation is 2. The lowest BCUT2D eigenvalue weighted by Gasteiger charge is -2.20. The maximum absolute atomic E-state index is 12.3. The number of nitrogens with zero attached hydrogens (tertiary/aromatic N) is 1. The van der Waals surface area contributed by atoms with E-state index in [2.05, 4.69) is 10.3 Å². The Balaban J connectivity index is 1.94. The Morgan fingerprint density at radius 2 is 1.75 bits per heavy atom. The van der Waals surface area contributed by atoms with Gasteiger partial charge in [-0.05, 0) is 51.8 Å². The van der Waals surface area contributed by atoms with Gasteiger partial charge in [0.2, 0.25) is 11.8 Å². The Labute approximate surface area is 166 Å². The van der Waals surface area contributed by atoms with Gasteiger partial charge >= 0.3 is 5.97 Å². The number of amides is 1. The summed E-state index contributed by atoms with van der Waals surface area (Å²) in [5.74, 6) is 0.0389. The lowest BCUT2D eigenvalue weighted by Crippen LogP contribution is -2.28. The van der Waals surface area contributed by atoms with Crippen molar-refractivity contribution in [3.63, 3.8) is 0 Å². The molecule has 2 aromatic rings. The lowest BCUT2D eigenvalue weighted by molar-refractivity contribution is -0.156. The molecule has 1 amide bonds. The van der Waals surface area contributed by atoms with Crippen LogP contribution in [0.25, 0.3) is 0 Å². The fourth-order valence-corrected chi connectivity index (χ4v) is 2.57. The van der Waals surface area contributed by atoms with Crippen molar-refractivity contribution < 1.29 is 19.1 Å². The molecule has 150 valence electrons. The SMILES string of the molecule is Cc1cccc(C)c1Oc1ccc(NC(=O)[C@@H](C)CC(=O)OC(C)(C)C)cn1. The molecule has 0 bridgehead atoms. The van der Waals surface area contributed by atoms with Crippen LogP contribution in [0.3, 0.4) is 0 Å². The van der Waals surface area contributed by atoms with Crippen LogP contribution < -0.4 is 10.1 Å². The summed E-state index contributed by atoms with van der Waals surface area (Å²) in [5, 5.41) is 2.76. The monoisotopic (exact) mass is 384 g/mol. The van der Waals surface area contributed by atoms with Crippen molar-refractivity contribution in [2.75, 3.05) is 5.32 Å². The second-order valence-electron chi connectivity index (χ2n) is 7.89. The predicted octanol–water partition coefficient (Wildman–Crippen LogP) is 4.80. The number of aromatic nitrogens is 1. The quantitative estimate of drug-likeness (QED) is 0.724. The number of carbonyl (C=O) groups is 2. The minimum Gasteiger partial charge on any atom is -0.460 e. The number of benzene rings is 1. The first-order valence-corrected chi connectivity index (χ1v) is 9.28. The molecule has 0 radical (unpaired) electrons. The van der Waals surface area contributed by atoms with E-state index in [0.717, 1.165) is 16.9 Å². The molecule has 0 unspecified atom stereocenters. The van der Waals surface area contributed by atoms with Gasteiger partial charge in [-0.3, -0.25) is 9.59 Å². The Hall–Kier alpha value is -2.89. The van der Waals surface area contributed by atoms with Gasteiger partial charge in [0.15, 0.2) is 0 Å². The van der Waals surface area contributed by atoms with Crippen LogP contribution in [0, 0.1) is 19.8 Å². The van der Waals surface area contributed by atoms with Crippen LogP contribution in [0.15, 0.2) is 36.5 Å². The van der Waals surface area contributed by atoms with Gasteiger partial charge in [0.05, 0.1) is 18.3 Å². The van der Waals surface area contributed by atoms with E-state index < -0.39 is 17.5 Å². The van der Waals surface area contributed by atoms with E-state index in [9.17, 15) is 9.59 Å². The largest absolute Gasteiger partial charge is 0.460 e. The fraction of sp³-hybridized carbons (Fsp3) is 0.409. The highest BCUT2D eigenvalue weighted by atomic mass is 16.6. The molecule has 0 aliphatic carbocycles. The molecule has 1 aromatic heterocycles. The summed E-state index contributed by atoms with van der Waals surface area (Å²) in [5.41, 5.74) is 2.02. The molecule has 0 saturated carbocycles. The normalized spacial score (nSPS) is 12.2. The molecule has 0 spiro atoms. The number of pyridine rings is 1. The van der Waals surface area contributed by atoms with Crippen molar-refractivity contribution in [1.29, 1.82) is 0 Å². The number of esters is 1. The molecule has 1 N–H and O–H groups in total. The van der Waals surface area contributed by atoms with Crippen LogP contribution >= 0.6 is 0 Å². The highest BCUT2D eigenvalue weighted by Gasteiger charge is 2.22. The third-order valence-electron chi connectivity index (χ3n) is 3.96. The van der Waals surface area contributed by atoms with Crippen LogP contribution in [0.2, 0.25) is 0 Å². The number of anilines is 1. The molecule has 2 rings (SSSR count). The number of nitrogens with one attached hydrogen (secondary N) is 1. The standard InChI is InChI=1S/C22H28N2O4/c1-14-8-7-9-15(2)20(14)27-18-11-10-17(13-23-18)24-21(26)16(3)12-19(25)28-22(4,5)6/h7-11,13,16H,12H2,1-6H3,(H,24,26)/t16-/m0/s1. The van der Waals surface area contributed by atoms with Crippen molar-refractivity contribution in [3.8, 4) is 11.6 Å². The Morgan fingerprint density at radius 3 is 2.29 bits per heavy atom. The number of hydrogen-bond donors (Lipinski definition) is 1. The van der Waals surface area contributed by atoms with Gasteiger partial charge in [0.25, 0.3) is 0 Å². The second kappa shape index (κ2) is 8.87. The van der Waals surface area contributed by atoms with E-state index in [-0.39, 0.29) is 12.3 Å². The third kappa shape index (κ3) is 6.37. The highest BCUT2D eigenvalue weighted by molar-refractivity contribution is 5.94. The van der Waals surface area contributed by atoms with Crippen LogP contribution in [0.4, 0.5) is 5.69 Å². The average molecular weight is 384 g/mol. The number of ether oxygens (including phenoxy) is 2. The predicted molar refractivity (Wildman–Crippen MR) is 108 cm³/mol. The molecule has 0 saturated heterocycles. The number of hydrogen-bond acceptors (Lipinski definition) is 5. The molecule has 1 atom stereocenters. The van der Waals surface area contributed by atoms with Gasteiger partial charge in [-0.25, -0.2) is 4.98 Å². The Bertz CT molecular complexity index is 818. The maximum atomic E-state index is 12.3. The summed E-state index contributed by atoms with van der Waals surface area (Å²) in [6.45, 7) is 11.0. The molecule has 0 aliphatic rings. The second-order valence-corrected chi connectivity index (χ2v) is 7.89. The number of para-hydroxylation sites is 1. The van der Waals surface area contributed by atoms with Crippen LogP contribution in [-0.4, -0.2) is 22.5 Å². The van der Waals surface area contributed by atoms with Gasteiger partial charge in [-0.1, -0.05) is 25.1 Å². The number of rotatable bonds is 6.